The van der Waals surface area contributed by atoms with Crippen LogP contribution in [0.5, 0.6) is 11.5 Å². The lowest BCUT2D eigenvalue weighted by atomic mass is 9.88. The summed E-state index contributed by atoms with van der Waals surface area (Å²) in [5, 5.41) is 6.39. The van der Waals surface area contributed by atoms with E-state index in [-0.39, 0.29) is 5.82 Å². The van der Waals surface area contributed by atoms with E-state index in [2.05, 4.69) is 62.0 Å². The highest BCUT2D eigenvalue weighted by atomic mass is 19.1. The number of halogens is 1. The fourth-order valence-electron chi connectivity index (χ4n) is 4.88. The first-order valence-corrected chi connectivity index (χ1v) is 9.79. The molecule has 6 rings (SSSR count). The third-order valence-electron chi connectivity index (χ3n) is 6.29. The highest BCUT2D eigenvalue weighted by Crippen LogP contribution is 2.51. The lowest BCUT2D eigenvalue weighted by Gasteiger charge is -2.24. The number of ether oxygens (including phenoxy) is 1. The minimum absolute atomic E-state index is 0.224. The molecule has 0 saturated carbocycles. The van der Waals surface area contributed by atoms with Gasteiger partial charge in [-0.1, -0.05) is 30.3 Å². The summed E-state index contributed by atoms with van der Waals surface area (Å²) in [5.41, 5.74) is 4.59. The molecule has 2 heterocycles. The van der Waals surface area contributed by atoms with Crippen LogP contribution in [0.4, 0.5) is 4.39 Å². The van der Waals surface area contributed by atoms with Gasteiger partial charge < -0.3 is 4.74 Å². The van der Waals surface area contributed by atoms with Gasteiger partial charge in [0.1, 0.15) is 24.4 Å². The first-order chi connectivity index (χ1) is 14.0. The second-order valence-electron chi connectivity index (χ2n) is 7.91. The van der Waals surface area contributed by atoms with Gasteiger partial charge in [0.15, 0.2) is 6.20 Å². The van der Waals surface area contributed by atoms with Crippen molar-refractivity contribution < 1.29 is 13.7 Å². The Morgan fingerprint density at radius 3 is 2.38 bits per heavy atom. The van der Waals surface area contributed by atoms with Crippen LogP contribution in [-0.2, 0) is 7.05 Å². The summed E-state index contributed by atoms with van der Waals surface area (Å²) in [6.07, 6.45) is 2.06. The van der Waals surface area contributed by atoms with Crippen LogP contribution in [0.1, 0.15) is 11.1 Å². The maximum atomic E-state index is 14.0. The maximum absolute atomic E-state index is 14.0. The molecule has 0 bridgehead atoms. The summed E-state index contributed by atoms with van der Waals surface area (Å²) in [5.74, 6) is 1.52. The van der Waals surface area contributed by atoms with E-state index < -0.39 is 0 Å². The topological polar surface area (TPSA) is 13.1 Å². The van der Waals surface area contributed by atoms with E-state index in [9.17, 15) is 4.39 Å². The van der Waals surface area contributed by atoms with Crippen LogP contribution < -0.4 is 9.30 Å². The van der Waals surface area contributed by atoms with Crippen molar-refractivity contribution in [2.75, 3.05) is 0 Å². The van der Waals surface area contributed by atoms with E-state index in [1.165, 1.54) is 22.4 Å². The molecule has 4 aromatic carbocycles. The number of rotatable bonds is 0. The summed E-state index contributed by atoms with van der Waals surface area (Å²) in [6, 6.07) is 17.5. The molecule has 0 radical (unpaired) electrons. The molecule has 0 atom stereocenters. The van der Waals surface area contributed by atoms with Crippen LogP contribution in [0.25, 0.3) is 43.6 Å². The molecule has 1 aromatic heterocycles. The number of hydrogen-bond donors (Lipinski definition) is 0. The van der Waals surface area contributed by atoms with Gasteiger partial charge in [0, 0.05) is 17.0 Å². The fraction of sp³-hybridized carbons (Fsp3) is 0.115. The molecule has 2 nitrogen and oxygen atoms in total. The van der Waals surface area contributed by atoms with Crippen molar-refractivity contribution in [1.29, 1.82) is 0 Å². The highest BCUT2D eigenvalue weighted by Gasteiger charge is 2.32. The number of benzene rings is 4. The quantitative estimate of drug-likeness (QED) is 0.217. The first kappa shape index (κ1) is 16.5. The van der Waals surface area contributed by atoms with Gasteiger partial charge in [0.25, 0.3) is 0 Å². The van der Waals surface area contributed by atoms with E-state index >= 15 is 0 Å². The summed E-state index contributed by atoms with van der Waals surface area (Å²) in [4.78, 5) is 0. The van der Waals surface area contributed by atoms with E-state index in [0.717, 1.165) is 49.9 Å². The number of aryl methyl sites for hydroxylation is 3. The molecule has 0 unspecified atom stereocenters. The fourth-order valence-corrected chi connectivity index (χ4v) is 4.88. The largest absolute Gasteiger partial charge is 0.455 e. The lowest BCUT2D eigenvalue weighted by molar-refractivity contribution is -0.659. The van der Waals surface area contributed by atoms with Crippen molar-refractivity contribution in [3.05, 3.63) is 77.7 Å². The smallest absolute Gasteiger partial charge is 0.228 e. The van der Waals surface area contributed by atoms with Gasteiger partial charge in [-0.2, -0.15) is 0 Å². The average Bonchev–Trinajstić information content (AvgIpc) is 2.73. The second kappa shape index (κ2) is 5.54. The van der Waals surface area contributed by atoms with Crippen molar-refractivity contribution in [2.45, 2.75) is 13.8 Å². The zero-order valence-corrected chi connectivity index (χ0v) is 16.5. The molecule has 1 aliphatic rings. The van der Waals surface area contributed by atoms with Gasteiger partial charge in [-0.05, 0) is 59.2 Å². The van der Waals surface area contributed by atoms with Gasteiger partial charge in [0.2, 0.25) is 5.69 Å². The van der Waals surface area contributed by atoms with Crippen molar-refractivity contribution in [1.82, 2.24) is 0 Å². The molecule has 1 aliphatic heterocycles. The summed E-state index contributed by atoms with van der Waals surface area (Å²) in [7, 11) is 2.06. The van der Waals surface area contributed by atoms with Crippen molar-refractivity contribution in [3.63, 3.8) is 0 Å². The van der Waals surface area contributed by atoms with Gasteiger partial charge in [-0.25, -0.2) is 8.96 Å². The van der Waals surface area contributed by atoms with E-state index in [1.807, 2.05) is 12.1 Å². The van der Waals surface area contributed by atoms with Crippen LogP contribution in [-0.4, -0.2) is 0 Å². The van der Waals surface area contributed by atoms with Crippen LogP contribution >= 0.6 is 0 Å². The molecule has 0 spiro atoms. The Hall–Kier alpha value is -3.46. The van der Waals surface area contributed by atoms with Crippen molar-refractivity contribution in [2.24, 2.45) is 7.05 Å². The summed E-state index contributed by atoms with van der Waals surface area (Å²) < 4.78 is 22.7. The molecule has 140 valence electrons. The van der Waals surface area contributed by atoms with Crippen LogP contribution in [0.2, 0.25) is 0 Å². The Balaban J connectivity index is 1.87. The summed E-state index contributed by atoms with van der Waals surface area (Å²) >= 11 is 0. The zero-order chi connectivity index (χ0) is 19.9. The Morgan fingerprint density at radius 2 is 1.59 bits per heavy atom. The van der Waals surface area contributed by atoms with E-state index in [4.69, 9.17) is 4.74 Å². The molecule has 0 aliphatic carbocycles. The van der Waals surface area contributed by atoms with E-state index in [1.54, 1.807) is 6.07 Å². The highest BCUT2D eigenvalue weighted by molar-refractivity contribution is 6.16. The van der Waals surface area contributed by atoms with Crippen LogP contribution in [0.15, 0.2) is 60.8 Å². The third kappa shape index (κ3) is 2.07. The number of pyridine rings is 1. The molecular weight excluding hydrogens is 361 g/mol. The number of aromatic nitrogens is 1. The Kier molecular flexibility index (Phi) is 3.15. The van der Waals surface area contributed by atoms with Crippen molar-refractivity contribution in [3.8, 4) is 22.8 Å². The first-order valence-electron chi connectivity index (χ1n) is 9.79. The molecule has 0 N–H and O–H groups in total. The Bertz CT molecular complexity index is 1520. The number of hydrogen-bond acceptors (Lipinski definition) is 1. The van der Waals surface area contributed by atoms with Gasteiger partial charge >= 0.3 is 0 Å². The number of fused-ring (bicyclic) bond motifs is 5. The molecular formula is C26H19FNO+. The minimum atomic E-state index is -0.224. The standard InChI is InChI=1S/C26H19FNO/c1-14-18-6-4-5-7-19(18)15(2)26-23(14)25-24-20(10-11-28(25)3)21-13-17(27)9-8-16(21)12-22(24)29-26/h4-13H,1-3H3/q+1. The lowest BCUT2D eigenvalue weighted by Crippen LogP contribution is -2.32. The minimum Gasteiger partial charge on any atom is -0.455 e. The molecule has 5 aromatic rings. The molecule has 29 heavy (non-hydrogen) atoms. The third-order valence-corrected chi connectivity index (χ3v) is 6.29. The van der Waals surface area contributed by atoms with Crippen molar-refractivity contribution >= 4 is 32.3 Å². The monoisotopic (exact) mass is 380 g/mol. The average molecular weight is 380 g/mol. The summed E-state index contributed by atoms with van der Waals surface area (Å²) in [6.45, 7) is 4.29. The predicted octanol–water partition coefficient (Wildman–Crippen LogP) is 6.50. The second-order valence-corrected chi connectivity index (χ2v) is 7.91. The predicted molar refractivity (Wildman–Crippen MR) is 115 cm³/mol. The molecule has 0 fully saturated rings. The van der Waals surface area contributed by atoms with Crippen LogP contribution in [0, 0.1) is 19.7 Å². The van der Waals surface area contributed by atoms with E-state index in [0.29, 0.717) is 0 Å². The molecule has 0 saturated heterocycles. The van der Waals surface area contributed by atoms with Gasteiger partial charge in [-0.15, -0.1) is 0 Å². The Morgan fingerprint density at radius 1 is 0.828 bits per heavy atom. The van der Waals surface area contributed by atoms with Gasteiger partial charge in [-0.3, -0.25) is 0 Å². The SMILES string of the molecule is Cc1c2c(c(C)c3ccccc13)-c1c3c(cc4ccc(F)cc4c3cc[n+]1C)O2. The maximum Gasteiger partial charge on any atom is 0.228 e. The van der Waals surface area contributed by atoms with Crippen LogP contribution in [0.3, 0.4) is 0 Å². The zero-order valence-electron chi connectivity index (χ0n) is 16.5. The normalized spacial score (nSPS) is 12.4. The van der Waals surface area contributed by atoms with Gasteiger partial charge in [0.05, 0.1) is 10.9 Å². The molecule has 3 heteroatoms. The Labute approximate surface area is 167 Å². The number of nitrogens with zero attached hydrogens (tertiary/aromatic N) is 1. The molecule has 0 amide bonds.